The van der Waals surface area contributed by atoms with Crippen LogP contribution in [0, 0.1) is 12.7 Å². The highest BCUT2D eigenvalue weighted by atomic mass is 19.1. The molecule has 0 bridgehead atoms. The minimum absolute atomic E-state index is 0.146. The molecule has 1 N–H and O–H groups in total. The number of nitrogens with one attached hydrogen (secondary N) is 1. The van der Waals surface area contributed by atoms with Crippen molar-refractivity contribution in [3.05, 3.63) is 77.3 Å². The third-order valence-corrected chi connectivity index (χ3v) is 6.34. The number of hydrogen-bond acceptors (Lipinski definition) is 8. The molecule has 0 saturated heterocycles. The first-order valence-corrected chi connectivity index (χ1v) is 13.4. The minimum atomic E-state index is -1.06. The normalized spacial score (nSPS) is 12.1. The summed E-state index contributed by atoms with van der Waals surface area (Å²) in [6.07, 6.45) is 0.383. The van der Waals surface area contributed by atoms with Crippen LogP contribution >= 0.6 is 0 Å². The van der Waals surface area contributed by atoms with E-state index in [1.165, 1.54) is 29.2 Å². The van der Waals surface area contributed by atoms with Crippen molar-refractivity contribution in [3.8, 4) is 23.1 Å². The molecule has 0 fully saturated rings. The Morgan fingerprint density at radius 1 is 1.05 bits per heavy atom. The highest BCUT2D eigenvalue weighted by Gasteiger charge is 2.33. The van der Waals surface area contributed by atoms with E-state index in [4.69, 9.17) is 13.9 Å². The number of tetrazole rings is 1. The number of rotatable bonds is 11. The summed E-state index contributed by atoms with van der Waals surface area (Å²) in [6, 6.07) is 13.4. The fourth-order valence-corrected chi connectivity index (χ4v) is 4.41. The number of amides is 2. The summed E-state index contributed by atoms with van der Waals surface area (Å²) in [7, 11) is 3.10. The van der Waals surface area contributed by atoms with Gasteiger partial charge in [-0.2, -0.15) is 4.80 Å². The smallest absolute Gasteiger partial charge is 0.247 e. The van der Waals surface area contributed by atoms with E-state index in [1.54, 1.807) is 39.3 Å². The van der Waals surface area contributed by atoms with Gasteiger partial charge in [0.15, 0.2) is 17.3 Å². The van der Waals surface area contributed by atoms with Gasteiger partial charge in [-0.15, -0.1) is 10.2 Å². The fourth-order valence-electron chi connectivity index (χ4n) is 4.41. The van der Waals surface area contributed by atoms with Crippen LogP contribution in [0.1, 0.15) is 43.7 Å². The van der Waals surface area contributed by atoms with Crippen molar-refractivity contribution in [3.63, 3.8) is 0 Å². The van der Waals surface area contributed by atoms with Crippen LogP contribution in [0.5, 0.6) is 11.5 Å². The number of carbonyl (C=O) groups is 2. The van der Waals surface area contributed by atoms with Gasteiger partial charge in [-0.3, -0.25) is 9.59 Å². The van der Waals surface area contributed by atoms with Crippen molar-refractivity contribution in [1.82, 2.24) is 30.4 Å². The lowest BCUT2D eigenvalue weighted by atomic mass is 10.0. The fraction of sp³-hybridized carbons (Fsp3) is 0.367. The van der Waals surface area contributed by atoms with Gasteiger partial charge in [0.25, 0.3) is 0 Å². The molecule has 1 atom stereocenters. The van der Waals surface area contributed by atoms with Crippen molar-refractivity contribution in [2.24, 2.45) is 0 Å². The second kappa shape index (κ2) is 12.8. The molecule has 42 heavy (non-hydrogen) atoms. The predicted molar refractivity (Wildman–Crippen MR) is 152 cm³/mol. The molecule has 0 aliphatic heterocycles. The van der Waals surface area contributed by atoms with Gasteiger partial charge >= 0.3 is 0 Å². The third kappa shape index (κ3) is 7.50. The maximum absolute atomic E-state index is 13.9. The monoisotopic (exact) mass is 578 g/mol. The highest BCUT2D eigenvalue weighted by molar-refractivity contribution is 5.89. The predicted octanol–water partition coefficient (Wildman–Crippen LogP) is 4.13. The van der Waals surface area contributed by atoms with E-state index in [1.807, 2.05) is 32.9 Å². The van der Waals surface area contributed by atoms with E-state index in [2.05, 4.69) is 20.7 Å². The Kier molecular flexibility index (Phi) is 9.24. The molecule has 4 rings (SSSR count). The first-order chi connectivity index (χ1) is 20.0. The molecule has 2 aromatic carbocycles. The second-order valence-electron chi connectivity index (χ2n) is 10.8. The number of nitrogens with zero attached hydrogens (tertiary/aromatic N) is 5. The number of hydrogen-bond donors (Lipinski definition) is 1. The van der Waals surface area contributed by atoms with E-state index in [0.717, 1.165) is 10.4 Å². The summed E-state index contributed by atoms with van der Waals surface area (Å²) in [5.74, 6) is 1.15. The van der Waals surface area contributed by atoms with Crippen LogP contribution in [0.3, 0.4) is 0 Å². The first kappa shape index (κ1) is 30.2. The van der Waals surface area contributed by atoms with Gasteiger partial charge in [-0.05, 0) is 86.9 Å². The molecular formula is C30H35FN6O5. The Labute approximate surface area is 243 Å². The van der Waals surface area contributed by atoms with Crippen molar-refractivity contribution < 1.29 is 27.9 Å². The summed E-state index contributed by atoms with van der Waals surface area (Å²) < 4.78 is 30.2. The number of aryl methyl sites for hydroxylation is 1. The van der Waals surface area contributed by atoms with Gasteiger partial charge in [0.05, 0.1) is 14.2 Å². The summed E-state index contributed by atoms with van der Waals surface area (Å²) in [5.41, 5.74) is 0.725. The average Bonchev–Trinajstić information content (AvgIpc) is 3.59. The molecule has 2 heterocycles. The van der Waals surface area contributed by atoms with Crippen molar-refractivity contribution in [1.29, 1.82) is 0 Å². The molecule has 0 aliphatic carbocycles. The lowest BCUT2D eigenvalue weighted by Gasteiger charge is -2.33. The standard InChI is InChI=1S/C30H35FN6O5/c1-19-7-13-24(42-19)28-33-35-37(34-28)18-26(38)36(16-15-20-8-14-23(40-5)25(17-20)41-6)27(29(39)32-30(2,3)4)21-9-11-22(31)12-10-21/h7-14,17,27H,15-16,18H2,1-6H3,(H,32,39)/t27-/m0/s1. The van der Waals surface area contributed by atoms with Crippen molar-refractivity contribution in [2.45, 2.75) is 52.2 Å². The van der Waals surface area contributed by atoms with Crippen LogP contribution in [0.2, 0.25) is 0 Å². The molecule has 12 heteroatoms. The number of aromatic nitrogens is 4. The quantitative estimate of drug-likeness (QED) is 0.282. The zero-order valence-electron chi connectivity index (χ0n) is 24.6. The Hall–Kier alpha value is -4.74. The van der Waals surface area contributed by atoms with Crippen LogP contribution in [-0.4, -0.2) is 63.2 Å². The van der Waals surface area contributed by atoms with Gasteiger partial charge in [0.2, 0.25) is 17.6 Å². The summed E-state index contributed by atoms with van der Waals surface area (Å²) >= 11 is 0. The van der Waals surface area contributed by atoms with E-state index in [0.29, 0.717) is 35.0 Å². The Morgan fingerprint density at radius 2 is 1.76 bits per heavy atom. The summed E-state index contributed by atoms with van der Waals surface area (Å²) in [6.45, 7) is 7.19. The Morgan fingerprint density at radius 3 is 2.38 bits per heavy atom. The number of methoxy groups -OCH3 is 2. The number of furan rings is 1. The van der Waals surface area contributed by atoms with Crippen LogP contribution in [0.25, 0.3) is 11.6 Å². The molecule has 2 aromatic heterocycles. The van der Waals surface area contributed by atoms with Crippen LogP contribution in [0.15, 0.2) is 59.0 Å². The van der Waals surface area contributed by atoms with Gasteiger partial charge in [-0.1, -0.05) is 18.2 Å². The van der Waals surface area contributed by atoms with E-state index in [-0.39, 0.29) is 18.9 Å². The molecule has 11 nitrogen and oxygen atoms in total. The minimum Gasteiger partial charge on any atom is -0.493 e. The van der Waals surface area contributed by atoms with Crippen molar-refractivity contribution in [2.75, 3.05) is 20.8 Å². The number of benzene rings is 2. The SMILES string of the molecule is COc1ccc(CCN(C(=O)Cn2nnc(-c3ccc(C)o3)n2)[C@H](C(=O)NC(C)(C)C)c2ccc(F)cc2)cc1OC. The number of ether oxygens (including phenoxy) is 2. The average molecular weight is 579 g/mol. The molecular weight excluding hydrogens is 543 g/mol. The number of carbonyl (C=O) groups excluding carboxylic acids is 2. The molecule has 0 aliphatic rings. The molecule has 2 amide bonds. The molecule has 0 unspecified atom stereocenters. The van der Waals surface area contributed by atoms with Crippen LogP contribution < -0.4 is 14.8 Å². The Balaban J connectivity index is 1.68. The molecule has 0 saturated carbocycles. The summed E-state index contributed by atoms with van der Waals surface area (Å²) in [4.78, 5) is 30.3. The van der Waals surface area contributed by atoms with E-state index in [9.17, 15) is 14.0 Å². The van der Waals surface area contributed by atoms with E-state index < -0.39 is 29.2 Å². The van der Waals surface area contributed by atoms with Gasteiger partial charge in [0, 0.05) is 12.1 Å². The highest BCUT2D eigenvalue weighted by Crippen LogP contribution is 2.29. The Bertz CT molecular complexity index is 1530. The maximum Gasteiger partial charge on any atom is 0.247 e. The first-order valence-electron chi connectivity index (χ1n) is 13.4. The third-order valence-electron chi connectivity index (χ3n) is 6.34. The maximum atomic E-state index is 13.9. The lowest BCUT2D eigenvalue weighted by Crippen LogP contribution is -2.50. The second-order valence-corrected chi connectivity index (χ2v) is 10.8. The molecule has 0 spiro atoms. The lowest BCUT2D eigenvalue weighted by molar-refractivity contribution is -0.142. The van der Waals surface area contributed by atoms with Gasteiger partial charge in [0.1, 0.15) is 24.2 Å². The van der Waals surface area contributed by atoms with E-state index >= 15 is 0 Å². The van der Waals surface area contributed by atoms with Crippen LogP contribution in [0.4, 0.5) is 4.39 Å². The van der Waals surface area contributed by atoms with Gasteiger partial charge < -0.3 is 24.1 Å². The zero-order valence-corrected chi connectivity index (χ0v) is 24.6. The largest absolute Gasteiger partial charge is 0.493 e. The number of halogens is 1. The zero-order chi connectivity index (χ0) is 30.4. The summed E-state index contributed by atoms with van der Waals surface area (Å²) in [5, 5.41) is 15.3. The molecule has 0 radical (unpaired) electrons. The van der Waals surface area contributed by atoms with Crippen molar-refractivity contribution >= 4 is 11.8 Å². The molecule has 4 aromatic rings. The topological polar surface area (TPSA) is 125 Å². The molecule has 222 valence electrons. The van der Waals surface area contributed by atoms with Gasteiger partial charge in [-0.25, -0.2) is 4.39 Å². The van der Waals surface area contributed by atoms with Crippen LogP contribution in [-0.2, 0) is 22.6 Å².